The summed E-state index contributed by atoms with van der Waals surface area (Å²) in [5.74, 6) is 4.10. The van der Waals surface area contributed by atoms with Gasteiger partial charge in [-0.15, -0.1) is 0 Å². The lowest BCUT2D eigenvalue weighted by Crippen LogP contribution is -2.29. The average Bonchev–Trinajstić information content (AvgIpc) is 3.15. The van der Waals surface area contributed by atoms with Crippen LogP contribution in [0.5, 0.6) is 0 Å². The number of benzene rings is 6. The third kappa shape index (κ3) is 7.01. The molecule has 4 heteroatoms. The molecular weight excluding hydrogens is 610 g/mol. The van der Waals surface area contributed by atoms with Gasteiger partial charge in [-0.25, -0.2) is 0 Å². The maximum atomic E-state index is 14.0. The minimum Gasteiger partial charge on any atom is -0.295 e. The SMILES string of the molecule is O=C(C=P(c1ccccc1)(c1ccccc1)c1ccccc1)CCCC(=O)C=P(c1ccccc1)(c1ccccc1)c1ccccc1. The Kier molecular flexibility index (Phi) is 10.4. The first-order valence-corrected chi connectivity index (χ1v) is 19.7. The van der Waals surface area contributed by atoms with Crippen molar-refractivity contribution in [2.75, 3.05) is 0 Å². The van der Waals surface area contributed by atoms with Crippen LogP contribution in [-0.4, -0.2) is 23.2 Å². The Morgan fingerprint density at radius 2 is 0.532 bits per heavy atom. The molecule has 0 radical (unpaired) electrons. The maximum absolute atomic E-state index is 14.0. The van der Waals surface area contributed by atoms with Crippen LogP contribution >= 0.6 is 13.8 Å². The normalized spacial score (nSPS) is 11.4. The molecule has 232 valence electrons. The predicted octanol–water partition coefficient (Wildman–Crippen LogP) is 6.89. The van der Waals surface area contributed by atoms with Crippen LogP contribution in [0.2, 0.25) is 0 Å². The Labute approximate surface area is 278 Å². The third-order valence-corrected chi connectivity index (χ3v) is 16.5. The second-order valence-corrected chi connectivity index (χ2v) is 18.0. The second kappa shape index (κ2) is 15.2. The van der Waals surface area contributed by atoms with Crippen molar-refractivity contribution in [1.29, 1.82) is 0 Å². The molecule has 0 amide bonds. The predicted molar refractivity (Wildman–Crippen MR) is 206 cm³/mol. The van der Waals surface area contributed by atoms with Gasteiger partial charge in [0.1, 0.15) is 0 Å². The lowest BCUT2D eigenvalue weighted by atomic mass is 10.1. The van der Waals surface area contributed by atoms with E-state index in [4.69, 9.17) is 0 Å². The number of Topliss-reactive ketones (excluding diaryl/α,β-unsaturated/α-hetero) is 2. The zero-order valence-corrected chi connectivity index (χ0v) is 28.1. The standard InChI is InChI=1S/C43H38O2P2/c44-36(34-46(38-22-7-1-8-23-38,39-24-9-2-10-25-39)40-26-11-3-12-27-40)20-19-21-37(45)35-47(41-28-13-4-14-29-41,42-30-15-5-16-31-42)43-32-17-6-18-33-43/h1-18,22-35H,19-21H2. The molecule has 6 aromatic carbocycles. The third-order valence-electron chi connectivity index (χ3n) is 8.50. The van der Waals surface area contributed by atoms with Crippen molar-refractivity contribution < 1.29 is 9.59 Å². The van der Waals surface area contributed by atoms with Gasteiger partial charge in [-0.05, 0) is 63.6 Å². The molecule has 6 aromatic rings. The van der Waals surface area contributed by atoms with Gasteiger partial charge < -0.3 is 0 Å². The van der Waals surface area contributed by atoms with Gasteiger partial charge in [-0.2, -0.15) is 0 Å². The van der Waals surface area contributed by atoms with E-state index in [-0.39, 0.29) is 11.6 Å². The summed E-state index contributed by atoms with van der Waals surface area (Å²) in [6, 6.07) is 62.3. The molecule has 47 heavy (non-hydrogen) atoms. The molecule has 0 aliphatic heterocycles. The van der Waals surface area contributed by atoms with E-state index >= 15 is 0 Å². The maximum Gasteiger partial charge on any atom is 0.156 e. The van der Waals surface area contributed by atoms with Crippen LogP contribution < -0.4 is 31.8 Å². The Hall–Kier alpha value is -4.74. The highest BCUT2D eigenvalue weighted by atomic mass is 31.2. The molecular formula is C43H38O2P2. The quantitative estimate of drug-likeness (QED) is 0.136. The van der Waals surface area contributed by atoms with Crippen molar-refractivity contribution in [2.24, 2.45) is 0 Å². The van der Waals surface area contributed by atoms with Crippen molar-refractivity contribution in [3.05, 3.63) is 182 Å². The van der Waals surface area contributed by atoms with Crippen LogP contribution in [0.3, 0.4) is 0 Å². The van der Waals surface area contributed by atoms with Gasteiger partial charge in [0.2, 0.25) is 0 Å². The summed E-state index contributed by atoms with van der Waals surface area (Å²) in [5.41, 5.74) is 0. The molecule has 0 spiro atoms. The molecule has 0 saturated heterocycles. The summed E-state index contributed by atoms with van der Waals surface area (Å²) in [5, 5.41) is 6.82. The first-order chi connectivity index (χ1) is 23.1. The molecule has 0 unspecified atom stereocenters. The van der Waals surface area contributed by atoms with E-state index in [1.54, 1.807) is 0 Å². The van der Waals surface area contributed by atoms with Crippen molar-refractivity contribution >= 4 is 68.8 Å². The fourth-order valence-electron chi connectivity index (χ4n) is 6.32. The van der Waals surface area contributed by atoms with E-state index in [0.29, 0.717) is 19.3 Å². The summed E-state index contributed by atoms with van der Waals surface area (Å²) in [4.78, 5) is 27.9. The zero-order chi connectivity index (χ0) is 32.4. The van der Waals surface area contributed by atoms with E-state index in [9.17, 15) is 9.59 Å². The highest BCUT2D eigenvalue weighted by Crippen LogP contribution is 2.45. The lowest BCUT2D eigenvalue weighted by molar-refractivity contribution is -0.113. The lowest BCUT2D eigenvalue weighted by Gasteiger charge is -2.28. The summed E-state index contributed by atoms with van der Waals surface area (Å²) >= 11 is 0. The van der Waals surface area contributed by atoms with Crippen LogP contribution in [0.15, 0.2) is 182 Å². The molecule has 0 aliphatic carbocycles. The monoisotopic (exact) mass is 648 g/mol. The minimum absolute atomic E-state index is 0.0675. The molecule has 6 rings (SSSR count). The summed E-state index contributed by atoms with van der Waals surface area (Å²) in [7, 11) is 0. The summed E-state index contributed by atoms with van der Waals surface area (Å²) < 4.78 is 0. The van der Waals surface area contributed by atoms with E-state index in [1.165, 1.54) is 0 Å². The largest absolute Gasteiger partial charge is 0.295 e. The van der Waals surface area contributed by atoms with Gasteiger partial charge in [-0.1, -0.05) is 182 Å². The molecule has 0 aromatic heterocycles. The molecule has 0 saturated carbocycles. The van der Waals surface area contributed by atoms with Crippen molar-refractivity contribution in [3.8, 4) is 0 Å². The number of carbonyl (C=O) groups is 2. The number of carbonyl (C=O) groups excluding carboxylic acids is 2. The summed E-state index contributed by atoms with van der Waals surface area (Å²) in [6.45, 7) is -4.78. The van der Waals surface area contributed by atoms with Crippen LogP contribution in [0.1, 0.15) is 19.3 Å². The molecule has 0 aliphatic rings. The number of hydrogen-bond acceptors (Lipinski definition) is 2. The van der Waals surface area contributed by atoms with E-state index in [1.807, 2.05) is 121 Å². The average molecular weight is 649 g/mol. The molecule has 2 nitrogen and oxygen atoms in total. The first-order valence-electron chi connectivity index (χ1n) is 16.0. The Balaban J connectivity index is 1.36. The summed E-state index contributed by atoms with van der Waals surface area (Å²) in [6.07, 6.45) is 1.10. The van der Waals surface area contributed by atoms with Crippen LogP contribution in [0.25, 0.3) is 0 Å². The van der Waals surface area contributed by atoms with E-state index < -0.39 is 13.8 Å². The minimum atomic E-state index is -2.39. The fraction of sp³-hybridized carbons (Fsp3) is 0.0698. The Bertz CT molecular complexity index is 1670. The van der Waals surface area contributed by atoms with Crippen LogP contribution in [-0.2, 0) is 9.59 Å². The van der Waals surface area contributed by atoms with Crippen molar-refractivity contribution in [2.45, 2.75) is 19.3 Å². The van der Waals surface area contributed by atoms with Gasteiger partial charge in [-0.3, -0.25) is 9.59 Å². The number of hydrogen-bond donors (Lipinski definition) is 0. The van der Waals surface area contributed by atoms with Gasteiger partial charge in [0.15, 0.2) is 11.6 Å². The highest BCUT2D eigenvalue weighted by molar-refractivity contribution is 7.95. The van der Waals surface area contributed by atoms with Crippen molar-refractivity contribution in [3.63, 3.8) is 0 Å². The molecule has 0 fully saturated rings. The molecule has 0 atom stereocenters. The van der Waals surface area contributed by atoms with E-state index in [0.717, 1.165) is 31.8 Å². The van der Waals surface area contributed by atoms with Crippen LogP contribution in [0, 0.1) is 0 Å². The topological polar surface area (TPSA) is 34.1 Å². The fourth-order valence-corrected chi connectivity index (χ4v) is 14.0. The molecule has 0 heterocycles. The van der Waals surface area contributed by atoms with Gasteiger partial charge >= 0.3 is 0 Å². The second-order valence-electron chi connectivity index (χ2n) is 11.5. The number of ketones is 2. The van der Waals surface area contributed by atoms with Gasteiger partial charge in [0.25, 0.3) is 0 Å². The highest BCUT2D eigenvalue weighted by Gasteiger charge is 2.28. The van der Waals surface area contributed by atoms with Gasteiger partial charge in [0, 0.05) is 12.8 Å². The van der Waals surface area contributed by atoms with E-state index in [2.05, 4.69) is 72.8 Å². The van der Waals surface area contributed by atoms with Gasteiger partial charge in [0.05, 0.1) is 0 Å². The molecule has 0 N–H and O–H groups in total. The Morgan fingerprint density at radius 3 is 0.723 bits per heavy atom. The van der Waals surface area contributed by atoms with Crippen molar-refractivity contribution in [1.82, 2.24) is 0 Å². The molecule has 0 bridgehead atoms. The number of rotatable bonds is 12. The Morgan fingerprint density at radius 1 is 0.340 bits per heavy atom. The van der Waals surface area contributed by atoms with Crippen LogP contribution in [0.4, 0.5) is 0 Å². The first kappa shape index (κ1) is 32.2. The smallest absolute Gasteiger partial charge is 0.156 e. The zero-order valence-electron chi connectivity index (χ0n) is 26.3.